The van der Waals surface area contributed by atoms with Crippen LogP contribution in [0.5, 0.6) is 11.5 Å². The van der Waals surface area contributed by atoms with E-state index in [9.17, 15) is 4.79 Å². The van der Waals surface area contributed by atoms with E-state index in [-0.39, 0.29) is 0 Å². The molecule has 2 nitrogen and oxygen atoms in total. The van der Waals surface area contributed by atoms with Gasteiger partial charge in [0.25, 0.3) is 0 Å². The molecule has 2 aromatic rings. The Hall–Kier alpha value is -1.51. The van der Waals surface area contributed by atoms with Gasteiger partial charge in [-0.1, -0.05) is 34.8 Å². The van der Waals surface area contributed by atoms with Crippen molar-refractivity contribution in [2.24, 2.45) is 0 Å². The average Bonchev–Trinajstić information content (AvgIpc) is 2.36. The minimum atomic E-state index is 0.427. The van der Waals surface area contributed by atoms with Crippen LogP contribution >= 0.6 is 23.2 Å². The topological polar surface area (TPSA) is 26.3 Å². The first kappa shape index (κ1) is 12.9. The van der Waals surface area contributed by atoms with Gasteiger partial charge in [-0.05, 0) is 31.2 Å². The number of halogens is 2. The van der Waals surface area contributed by atoms with Crippen LogP contribution in [0.3, 0.4) is 0 Å². The summed E-state index contributed by atoms with van der Waals surface area (Å²) in [5.74, 6) is 0.885. The SMILES string of the molecule is Cc1ccc(Oc2cc(Cl)ccc2Cl)c(C=O)c1. The molecule has 0 radical (unpaired) electrons. The molecular formula is C14H10Cl2O2. The van der Waals surface area contributed by atoms with E-state index in [4.69, 9.17) is 27.9 Å². The molecular weight excluding hydrogens is 271 g/mol. The highest BCUT2D eigenvalue weighted by Gasteiger charge is 2.08. The van der Waals surface area contributed by atoms with Gasteiger partial charge < -0.3 is 4.74 Å². The van der Waals surface area contributed by atoms with Crippen LogP contribution in [0, 0.1) is 6.92 Å². The van der Waals surface area contributed by atoms with E-state index < -0.39 is 0 Å². The van der Waals surface area contributed by atoms with Gasteiger partial charge in [0.05, 0.1) is 10.6 Å². The molecule has 2 rings (SSSR count). The zero-order chi connectivity index (χ0) is 13.1. The summed E-state index contributed by atoms with van der Waals surface area (Å²) in [5, 5.41) is 0.964. The lowest BCUT2D eigenvalue weighted by Crippen LogP contribution is -1.92. The number of hydrogen-bond acceptors (Lipinski definition) is 2. The summed E-state index contributed by atoms with van der Waals surface area (Å²) in [6.07, 6.45) is 0.751. The molecule has 0 spiro atoms. The van der Waals surface area contributed by atoms with Crippen LogP contribution in [0.4, 0.5) is 0 Å². The molecule has 0 bridgehead atoms. The normalized spacial score (nSPS) is 10.2. The predicted molar refractivity (Wildman–Crippen MR) is 73.1 cm³/mol. The third-order valence-corrected chi connectivity index (χ3v) is 2.95. The van der Waals surface area contributed by atoms with Crippen molar-refractivity contribution in [2.45, 2.75) is 6.92 Å². The Morgan fingerprint density at radius 3 is 2.56 bits per heavy atom. The fourth-order valence-electron chi connectivity index (χ4n) is 1.53. The molecule has 0 aliphatic rings. The molecule has 0 aromatic heterocycles. The summed E-state index contributed by atoms with van der Waals surface area (Å²) in [5.41, 5.74) is 1.47. The van der Waals surface area contributed by atoms with Crippen LogP contribution in [0.25, 0.3) is 0 Å². The molecule has 92 valence electrons. The quantitative estimate of drug-likeness (QED) is 0.747. The Bertz CT molecular complexity index is 594. The van der Waals surface area contributed by atoms with Crippen molar-refractivity contribution in [2.75, 3.05) is 0 Å². The van der Waals surface area contributed by atoms with Gasteiger partial charge in [0.1, 0.15) is 11.5 Å². The number of benzene rings is 2. The molecule has 2 aromatic carbocycles. The van der Waals surface area contributed by atoms with Gasteiger partial charge in [0.2, 0.25) is 0 Å². The van der Waals surface area contributed by atoms with Crippen molar-refractivity contribution in [1.29, 1.82) is 0 Å². The number of carbonyl (C=O) groups is 1. The Kier molecular flexibility index (Phi) is 3.90. The molecule has 0 aliphatic carbocycles. The highest BCUT2D eigenvalue weighted by Crippen LogP contribution is 2.33. The van der Waals surface area contributed by atoms with E-state index >= 15 is 0 Å². The van der Waals surface area contributed by atoms with Crippen molar-refractivity contribution < 1.29 is 9.53 Å². The number of aryl methyl sites for hydroxylation is 1. The average molecular weight is 281 g/mol. The Morgan fingerprint density at radius 1 is 1.06 bits per heavy atom. The Balaban J connectivity index is 2.39. The maximum Gasteiger partial charge on any atom is 0.153 e. The highest BCUT2D eigenvalue weighted by molar-refractivity contribution is 6.34. The lowest BCUT2D eigenvalue weighted by molar-refractivity contribution is 0.112. The first-order valence-electron chi connectivity index (χ1n) is 5.29. The molecule has 0 saturated heterocycles. The summed E-state index contributed by atoms with van der Waals surface area (Å²) in [4.78, 5) is 11.0. The van der Waals surface area contributed by atoms with Gasteiger partial charge in [0.15, 0.2) is 6.29 Å². The number of ether oxygens (including phenoxy) is 1. The summed E-state index contributed by atoms with van der Waals surface area (Å²) in [6.45, 7) is 1.91. The van der Waals surface area contributed by atoms with Crippen molar-refractivity contribution in [3.05, 3.63) is 57.6 Å². The monoisotopic (exact) mass is 280 g/mol. The second kappa shape index (κ2) is 5.42. The largest absolute Gasteiger partial charge is 0.455 e. The molecule has 0 unspecified atom stereocenters. The summed E-state index contributed by atoms with van der Waals surface area (Å²) < 4.78 is 5.62. The van der Waals surface area contributed by atoms with Gasteiger partial charge in [-0.15, -0.1) is 0 Å². The first-order valence-corrected chi connectivity index (χ1v) is 6.04. The molecule has 0 aliphatic heterocycles. The first-order chi connectivity index (χ1) is 8.60. The van der Waals surface area contributed by atoms with Gasteiger partial charge >= 0.3 is 0 Å². The van der Waals surface area contributed by atoms with E-state index in [2.05, 4.69) is 0 Å². The van der Waals surface area contributed by atoms with E-state index in [1.54, 1.807) is 30.3 Å². The lowest BCUT2D eigenvalue weighted by atomic mass is 10.1. The predicted octanol–water partition coefficient (Wildman–Crippen LogP) is 4.91. The van der Waals surface area contributed by atoms with E-state index in [1.165, 1.54) is 0 Å². The number of aldehydes is 1. The molecule has 18 heavy (non-hydrogen) atoms. The molecule has 0 N–H and O–H groups in total. The Morgan fingerprint density at radius 2 is 1.83 bits per heavy atom. The second-order valence-electron chi connectivity index (χ2n) is 3.84. The van der Waals surface area contributed by atoms with E-state index in [0.717, 1.165) is 11.8 Å². The van der Waals surface area contributed by atoms with Crippen LogP contribution in [-0.4, -0.2) is 6.29 Å². The van der Waals surface area contributed by atoms with Gasteiger partial charge in [-0.25, -0.2) is 0 Å². The van der Waals surface area contributed by atoms with Crippen LogP contribution in [0.2, 0.25) is 10.0 Å². The van der Waals surface area contributed by atoms with Crippen molar-refractivity contribution >= 4 is 29.5 Å². The third kappa shape index (κ3) is 2.84. The minimum Gasteiger partial charge on any atom is -0.455 e. The van der Waals surface area contributed by atoms with Crippen molar-refractivity contribution in [3.8, 4) is 11.5 Å². The highest BCUT2D eigenvalue weighted by atomic mass is 35.5. The smallest absolute Gasteiger partial charge is 0.153 e. The van der Waals surface area contributed by atoms with Crippen molar-refractivity contribution in [1.82, 2.24) is 0 Å². The molecule has 0 fully saturated rings. The molecule has 0 heterocycles. The Labute approximate surface area is 115 Å². The van der Waals surface area contributed by atoms with Gasteiger partial charge in [0, 0.05) is 11.1 Å². The maximum absolute atomic E-state index is 11.0. The minimum absolute atomic E-state index is 0.427. The summed E-state index contributed by atoms with van der Waals surface area (Å²) in [7, 11) is 0. The summed E-state index contributed by atoms with van der Waals surface area (Å²) >= 11 is 11.9. The lowest BCUT2D eigenvalue weighted by Gasteiger charge is -2.10. The van der Waals surface area contributed by atoms with Gasteiger partial charge in [-0.2, -0.15) is 0 Å². The fourth-order valence-corrected chi connectivity index (χ4v) is 1.85. The zero-order valence-electron chi connectivity index (χ0n) is 9.61. The maximum atomic E-state index is 11.0. The van der Waals surface area contributed by atoms with Crippen LogP contribution < -0.4 is 4.74 Å². The van der Waals surface area contributed by atoms with Crippen LogP contribution in [-0.2, 0) is 0 Å². The van der Waals surface area contributed by atoms with Crippen LogP contribution in [0.15, 0.2) is 36.4 Å². The van der Waals surface area contributed by atoms with Gasteiger partial charge in [-0.3, -0.25) is 4.79 Å². The molecule has 4 heteroatoms. The van der Waals surface area contributed by atoms with E-state index in [0.29, 0.717) is 27.1 Å². The molecule has 0 saturated carbocycles. The summed E-state index contributed by atoms with van der Waals surface area (Å²) in [6, 6.07) is 10.3. The molecule has 0 amide bonds. The van der Waals surface area contributed by atoms with E-state index in [1.807, 2.05) is 13.0 Å². The van der Waals surface area contributed by atoms with Crippen molar-refractivity contribution in [3.63, 3.8) is 0 Å². The number of rotatable bonds is 3. The number of hydrogen-bond donors (Lipinski definition) is 0. The number of carbonyl (C=O) groups excluding carboxylic acids is 1. The third-order valence-electron chi connectivity index (χ3n) is 2.41. The second-order valence-corrected chi connectivity index (χ2v) is 4.68. The standard InChI is InChI=1S/C14H10Cl2O2/c1-9-2-5-13(10(6-9)8-17)18-14-7-11(15)3-4-12(14)16/h2-8H,1H3. The fraction of sp³-hybridized carbons (Fsp3) is 0.0714. The molecule has 0 atom stereocenters. The zero-order valence-corrected chi connectivity index (χ0v) is 11.1. The van der Waals surface area contributed by atoms with Crippen LogP contribution in [0.1, 0.15) is 15.9 Å².